The molecule has 22 heavy (non-hydrogen) atoms. The van der Waals surface area contributed by atoms with E-state index in [1.165, 1.54) is 18.2 Å². The third-order valence-electron chi connectivity index (χ3n) is 3.40. The number of carbonyl (C=O) groups is 2. The number of carbonyl (C=O) groups excluding carboxylic acids is 1. The van der Waals surface area contributed by atoms with Gasteiger partial charge in [-0.15, -0.1) is 0 Å². The standard InChI is InChI=1S/C15H17F2NO4/c1-2-22-12-5-9(3-4-11(12)14(20)21)6-13(19)18-10-7-15(16,17)8-10/h3-5,10H,2,6-8H2,1H3,(H,18,19)(H,20,21). The van der Waals surface area contributed by atoms with E-state index < -0.39 is 17.9 Å². The molecule has 0 unspecified atom stereocenters. The van der Waals surface area contributed by atoms with Gasteiger partial charge in [0.15, 0.2) is 0 Å². The number of carboxylic acids is 1. The molecule has 120 valence electrons. The predicted octanol–water partition coefficient (Wildman–Crippen LogP) is 2.24. The molecule has 0 radical (unpaired) electrons. The van der Waals surface area contributed by atoms with E-state index in [1.807, 2.05) is 0 Å². The molecule has 0 spiro atoms. The normalized spacial score (nSPS) is 16.7. The van der Waals surface area contributed by atoms with Crippen molar-refractivity contribution in [2.75, 3.05) is 6.61 Å². The quantitative estimate of drug-likeness (QED) is 0.844. The van der Waals surface area contributed by atoms with Crippen LogP contribution in [-0.4, -0.2) is 35.6 Å². The lowest BCUT2D eigenvalue weighted by Gasteiger charge is -2.35. The molecule has 0 heterocycles. The second-order valence-corrected chi connectivity index (χ2v) is 5.27. The largest absolute Gasteiger partial charge is 0.493 e. The van der Waals surface area contributed by atoms with Gasteiger partial charge in [-0.3, -0.25) is 4.79 Å². The van der Waals surface area contributed by atoms with Crippen LogP contribution in [0.3, 0.4) is 0 Å². The molecule has 7 heteroatoms. The molecule has 5 nitrogen and oxygen atoms in total. The number of carboxylic acid groups (broad SMARTS) is 1. The molecule has 0 atom stereocenters. The summed E-state index contributed by atoms with van der Waals surface area (Å²) < 4.78 is 30.6. The van der Waals surface area contributed by atoms with Crippen LogP contribution in [0.2, 0.25) is 0 Å². The van der Waals surface area contributed by atoms with Crippen molar-refractivity contribution >= 4 is 11.9 Å². The van der Waals surface area contributed by atoms with Crippen LogP contribution < -0.4 is 10.1 Å². The number of ether oxygens (including phenoxy) is 1. The molecular formula is C15H17F2NO4. The third-order valence-corrected chi connectivity index (χ3v) is 3.40. The molecule has 2 N–H and O–H groups in total. The molecule has 0 aromatic heterocycles. The number of amides is 1. The molecule has 0 bridgehead atoms. The molecule has 1 aromatic rings. The monoisotopic (exact) mass is 313 g/mol. The molecule has 1 amide bonds. The van der Waals surface area contributed by atoms with Crippen molar-refractivity contribution in [3.8, 4) is 5.75 Å². The van der Waals surface area contributed by atoms with Crippen molar-refractivity contribution in [3.05, 3.63) is 29.3 Å². The highest BCUT2D eigenvalue weighted by molar-refractivity contribution is 5.91. The summed E-state index contributed by atoms with van der Waals surface area (Å²) >= 11 is 0. The van der Waals surface area contributed by atoms with E-state index in [0.717, 1.165) is 0 Å². The second kappa shape index (κ2) is 6.29. The van der Waals surface area contributed by atoms with Crippen LogP contribution in [0.25, 0.3) is 0 Å². The topological polar surface area (TPSA) is 75.6 Å². The van der Waals surface area contributed by atoms with Crippen LogP contribution in [-0.2, 0) is 11.2 Å². The van der Waals surface area contributed by atoms with Crippen molar-refractivity contribution in [2.24, 2.45) is 0 Å². The van der Waals surface area contributed by atoms with Crippen molar-refractivity contribution in [1.29, 1.82) is 0 Å². The van der Waals surface area contributed by atoms with E-state index in [4.69, 9.17) is 9.84 Å². The molecule has 1 aliphatic carbocycles. The summed E-state index contributed by atoms with van der Waals surface area (Å²) in [6.45, 7) is 2.02. The summed E-state index contributed by atoms with van der Waals surface area (Å²) in [5.74, 6) is -3.97. The number of nitrogens with one attached hydrogen (secondary N) is 1. The first-order valence-electron chi connectivity index (χ1n) is 6.97. The lowest BCUT2D eigenvalue weighted by molar-refractivity contribution is -0.128. The maximum absolute atomic E-state index is 12.7. The Morgan fingerprint density at radius 3 is 2.64 bits per heavy atom. The molecule has 1 aromatic carbocycles. The summed E-state index contributed by atoms with van der Waals surface area (Å²) in [6.07, 6.45) is -0.677. The first kappa shape index (κ1) is 16.2. The zero-order chi connectivity index (χ0) is 16.3. The number of alkyl halides is 2. The Balaban J connectivity index is 1.99. The van der Waals surface area contributed by atoms with Crippen LogP contribution >= 0.6 is 0 Å². The zero-order valence-corrected chi connectivity index (χ0v) is 12.1. The number of aromatic carboxylic acids is 1. The van der Waals surface area contributed by atoms with Crippen LogP contribution in [0.4, 0.5) is 8.78 Å². The predicted molar refractivity (Wildman–Crippen MR) is 74.4 cm³/mol. The highest BCUT2D eigenvalue weighted by Gasteiger charge is 2.45. The molecular weight excluding hydrogens is 296 g/mol. The van der Waals surface area contributed by atoms with Crippen LogP contribution in [0.1, 0.15) is 35.7 Å². The lowest BCUT2D eigenvalue weighted by Crippen LogP contribution is -2.50. The van der Waals surface area contributed by atoms with Crippen LogP contribution in [0.5, 0.6) is 5.75 Å². The zero-order valence-electron chi connectivity index (χ0n) is 12.1. The fourth-order valence-electron chi connectivity index (χ4n) is 2.36. The first-order valence-corrected chi connectivity index (χ1v) is 6.97. The Morgan fingerprint density at radius 2 is 2.09 bits per heavy atom. The summed E-state index contributed by atoms with van der Waals surface area (Å²) in [5.41, 5.74) is 0.585. The molecule has 1 saturated carbocycles. The number of halogens is 2. The fraction of sp³-hybridized carbons (Fsp3) is 0.467. The average molecular weight is 313 g/mol. The maximum atomic E-state index is 12.7. The maximum Gasteiger partial charge on any atom is 0.339 e. The van der Waals surface area contributed by atoms with Crippen LogP contribution in [0, 0.1) is 0 Å². The van der Waals surface area contributed by atoms with E-state index in [9.17, 15) is 18.4 Å². The van der Waals surface area contributed by atoms with Gasteiger partial charge in [0.25, 0.3) is 5.92 Å². The second-order valence-electron chi connectivity index (χ2n) is 5.27. The summed E-state index contributed by atoms with van der Waals surface area (Å²) in [7, 11) is 0. The van der Waals surface area contributed by atoms with Gasteiger partial charge in [-0.25, -0.2) is 13.6 Å². The van der Waals surface area contributed by atoms with Gasteiger partial charge in [-0.2, -0.15) is 0 Å². The minimum Gasteiger partial charge on any atom is -0.493 e. The molecule has 0 saturated heterocycles. The van der Waals surface area contributed by atoms with Gasteiger partial charge in [0, 0.05) is 18.9 Å². The van der Waals surface area contributed by atoms with Crippen LogP contribution in [0.15, 0.2) is 18.2 Å². The van der Waals surface area contributed by atoms with Crippen molar-refractivity contribution in [2.45, 2.75) is 38.2 Å². The fourth-order valence-corrected chi connectivity index (χ4v) is 2.36. The lowest BCUT2D eigenvalue weighted by atomic mass is 9.88. The summed E-state index contributed by atoms with van der Waals surface area (Å²) in [5, 5.41) is 11.6. The average Bonchev–Trinajstić information content (AvgIpc) is 2.36. The Bertz CT molecular complexity index is 581. The molecule has 2 rings (SSSR count). The van der Waals surface area contributed by atoms with E-state index in [-0.39, 0.29) is 36.5 Å². The third kappa shape index (κ3) is 3.93. The molecule has 1 fully saturated rings. The Labute approximate surface area is 126 Å². The summed E-state index contributed by atoms with van der Waals surface area (Å²) in [6, 6.07) is 3.88. The minimum absolute atomic E-state index is 0.0119. The Hall–Kier alpha value is -2.18. The van der Waals surface area contributed by atoms with Crippen molar-refractivity contribution < 1.29 is 28.2 Å². The van der Waals surface area contributed by atoms with Gasteiger partial charge in [0.05, 0.1) is 13.0 Å². The SMILES string of the molecule is CCOc1cc(CC(=O)NC2CC(F)(F)C2)ccc1C(=O)O. The van der Waals surface area contributed by atoms with E-state index in [0.29, 0.717) is 12.2 Å². The highest BCUT2D eigenvalue weighted by Crippen LogP contribution is 2.37. The van der Waals surface area contributed by atoms with Crippen molar-refractivity contribution in [3.63, 3.8) is 0 Å². The smallest absolute Gasteiger partial charge is 0.339 e. The van der Waals surface area contributed by atoms with E-state index in [1.54, 1.807) is 6.92 Å². The van der Waals surface area contributed by atoms with Gasteiger partial charge >= 0.3 is 5.97 Å². The number of rotatable bonds is 6. The molecule has 1 aliphatic rings. The van der Waals surface area contributed by atoms with E-state index in [2.05, 4.69) is 5.32 Å². The Kier molecular flexibility index (Phi) is 4.63. The van der Waals surface area contributed by atoms with Gasteiger partial charge in [0.2, 0.25) is 5.91 Å². The van der Waals surface area contributed by atoms with Crippen molar-refractivity contribution in [1.82, 2.24) is 5.32 Å². The van der Waals surface area contributed by atoms with Gasteiger partial charge in [-0.05, 0) is 24.6 Å². The minimum atomic E-state index is -2.68. The first-order chi connectivity index (χ1) is 10.3. The van der Waals surface area contributed by atoms with Gasteiger partial charge < -0.3 is 15.2 Å². The highest BCUT2D eigenvalue weighted by atomic mass is 19.3. The molecule has 0 aliphatic heterocycles. The number of hydrogen-bond donors (Lipinski definition) is 2. The van der Waals surface area contributed by atoms with E-state index >= 15 is 0 Å². The van der Waals surface area contributed by atoms with Gasteiger partial charge in [-0.1, -0.05) is 6.07 Å². The van der Waals surface area contributed by atoms with Gasteiger partial charge in [0.1, 0.15) is 11.3 Å². The summed E-state index contributed by atoms with van der Waals surface area (Å²) in [4.78, 5) is 22.9. The number of hydrogen-bond acceptors (Lipinski definition) is 3. The Morgan fingerprint density at radius 1 is 1.41 bits per heavy atom. The number of benzene rings is 1.